The van der Waals surface area contributed by atoms with Gasteiger partial charge in [-0.05, 0) is 36.6 Å². The molecule has 8 N–H and O–H groups in total. The van der Waals surface area contributed by atoms with Crippen LogP contribution in [0.4, 0.5) is 0 Å². The Kier molecular flexibility index (Phi) is 38.1. The van der Waals surface area contributed by atoms with Gasteiger partial charge in [0.05, 0.1) is 11.9 Å². The van der Waals surface area contributed by atoms with Crippen LogP contribution in [-0.4, -0.2) is 22.2 Å². The molecule has 8 nitrogen and oxygen atoms in total. The number of carbonyl (C=O) groups is 2. The maximum atomic E-state index is 9.41. The van der Waals surface area contributed by atoms with E-state index in [-0.39, 0.29) is 69.3 Å². The van der Waals surface area contributed by atoms with Crippen molar-refractivity contribution in [3.8, 4) is 0 Å². The molecule has 92 valence electrons. The molecular formula is C6H10N4Na2O4S2. The Bertz CT molecular complexity index is 265. The first-order chi connectivity index (χ1) is 7.09. The van der Waals surface area contributed by atoms with Crippen LogP contribution in [0.1, 0.15) is 0 Å². The van der Waals surface area contributed by atoms with Crippen LogP contribution in [0, 0.1) is 0 Å². The molecule has 0 atom stereocenters. The number of carboxylic acid groups (broad SMARTS) is 2. The quantitative estimate of drug-likeness (QED) is 0.217. The van der Waals surface area contributed by atoms with Gasteiger partial charge in [-0.1, -0.05) is 0 Å². The number of aliphatic carboxylic acids is 2. The maximum Gasteiger partial charge on any atom is 1.00 e. The van der Waals surface area contributed by atoms with Gasteiger partial charge in [0.25, 0.3) is 0 Å². The minimum absolute atomic E-state index is 0. The number of nitrogens with two attached hydrogens (primary N) is 4. The minimum Gasteiger partial charge on any atom is -0.545 e. The molecular weight excluding hydrogens is 302 g/mol. The number of hydrogen-bond donors (Lipinski definition) is 4. The second-order valence-corrected chi connectivity index (χ2v) is 2.72. The molecule has 0 fully saturated rings. The van der Waals surface area contributed by atoms with Crippen LogP contribution in [0.5, 0.6) is 0 Å². The summed E-state index contributed by atoms with van der Waals surface area (Å²) in [5.74, 6) is -3.09. The van der Waals surface area contributed by atoms with Gasteiger partial charge >= 0.3 is 59.1 Å². The van der Waals surface area contributed by atoms with Crippen molar-refractivity contribution in [3.63, 3.8) is 0 Å². The van der Waals surface area contributed by atoms with Crippen molar-refractivity contribution >= 4 is 46.6 Å². The molecule has 0 amide bonds. The first-order valence-corrected chi connectivity index (χ1v) is 4.11. The molecule has 0 heterocycles. The topological polar surface area (TPSA) is 184 Å². The molecule has 0 saturated carbocycles. The molecule has 12 heteroatoms. The van der Waals surface area contributed by atoms with E-state index in [1.54, 1.807) is 0 Å². The molecule has 0 bridgehead atoms. The van der Waals surface area contributed by atoms with E-state index in [2.05, 4.69) is 47.4 Å². The van der Waals surface area contributed by atoms with Crippen molar-refractivity contribution < 1.29 is 78.9 Å². The van der Waals surface area contributed by atoms with Crippen LogP contribution < -0.4 is 92.3 Å². The number of carbonyl (C=O) groups excluding carboxylic acids is 2. The van der Waals surface area contributed by atoms with E-state index in [1.165, 1.54) is 0 Å². The van der Waals surface area contributed by atoms with Crippen LogP contribution in [0.3, 0.4) is 0 Å². The van der Waals surface area contributed by atoms with Crippen molar-refractivity contribution in [2.45, 2.75) is 0 Å². The third-order valence-electron chi connectivity index (χ3n) is 0.355. The van der Waals surface area contributed by atoms with Crippen molar-refractivity contribution in [3.05, 3.63) is 12.2 Å². The van der Waals surface area contributed by atoms with Crippen molar-refractivity contribution in [1.82, 2.24) is 0 Å². The summed E-state index contributed by atoms with van der Waals surface area (Å²) < 4.78 is 0. The third kappa shape index (κ3) is 142. The molecule has 0 radical (unpaired) electrons. The fourth-order valence-corrected chi connectivity index (χ4v) is 0.136. The summed E-state index contributed by atoms with van der Waals surface area (Å²) in [5.41, 5.74) is 18.5. The largest absolute Gasteiger partial charge is 1.00 e. The van der Waals surface area contributed by atoms with Crippen LogP contribution in [-0.2, 0) is 9.59 Å². The molecule has 0 unspecified atom stereocenters. The third-order valence-corrected chi connectivity index (χ3v) is 0.355. The zero-order valence-corrected chi connectivity index (χ0v) is 15.5. The first-order valence-electron chi connectivity index (χ1n) is 3.29. The van der Waals surface area contributed by atoms with Gasteiger partial charge in [-0.3, -0.25) is 0 Å². The molecule has 0 aliphatic heterocycles. The van der Waals surface area contributed by atoms with E-state index < -0.39 is 11.9 Å². The molecule has 0 spiro atoms. The number of hydrogen-bond acceptors (Lipinski definition) is 6. The smallest absolute Gasteiger partial charge is 0.545 e. The number of rotatable bonds is 2. The molecule has 0 aromatic heterocycles. The Morgan fingerprint density at radius 3 is 0.944 bits per heavy atom. The van der Waals surface area contributed by atoms with Gasteiger partial charge in [-0.2, -0.15) is 0 Å². The van der Waals surface area contributed by atoms with Crippen molar-refractivity contribution in [2.75, 3.05) is 0 Å². The Morgan fingerprint density at radius 1 is 0.778 bits per heavy atom. The van der Waals surface area contributed by atoms with E-state index in [4.69, 9.17) is 0 Å². The van der Waals surface area contributed by atoms with Gasteiger partial charge in [0.2, 0.25) is 0 Å². The normalized spacial score (nSPS) is 6.89. The first kappa shape index (κ1) is 30.8. The van der Waals surface area contributed by atoms with E-state index in [0.717, 1.165) is 0 Å². The van der Waals surface area contributed by atoms with Gasteiger partial charge in [-0.25, -0.2) is 0 Å². The zero-order valence-electron chi connectivity index (χ0n) is 9.91. The molecule has 0 aliphatic carbocycles. The molecule has 0 aromatic carbocycles. The van der Waals surface area contributed by atoms with E-state index in [0.29, 0.717) is 12.2 Å². The Morgan fingerprint density at radius 2 is 0.889 bits per heavy atom. The van der Waals surface area contributed by atoms with Crippen LogP contribution in [0.15, 0.2) is 12.2 Å². The second-order valence-electron chi connectivity index (χ2n) is 1.78. The number of carboxylic acids is 2. The monoisotopic (exact) mass is 312 g/mol. The Balaban J connectivity index is -0.0000000489. The van der Waals surface area contributed by atoms with Crippen LogP contribution in [0.25, 0.3) is 0 Å². The van der Waals surface area contributed by atoms with E-state index in [1.807, 2.05) is 0 Å². The zero-order chi connectivity index (χ0) is 13.7. The molecule has 0 saturated heterocycles. The summed E-state index contributed by atoms with van der Waals surface area (Å²) >= 11 is 8.19. The van der Waals surface area contributed by atoms with Crippen LogP contribution in [0.2, 0.25) is 0 Å². The average Bonchev–Trinajstić information content (AvgIpc) is 1.98. The standard InChI is InChI=1S/C4H4O4.2CH4N2S.2Na/c5-3(6)1-2-4(7)8;2*2-1(3)4;;/h1-2H,(H,5,6)(H,7,8);2*(H4,2,3,4);;/q;;;2*+1/p-2/b2-1-;;;;. The SMILES string of the molecule is NC(N)=S.NC(N)=S.O=C([O-])/C=C\C(=O)[O-].[Na+].[Na+]. The minimum atomic E-state index is -1.55. The Labute approximate surface area is 159 Å². The molecule has 0 aliphatic rings. The predicted octanol–water partition coefficient (Wildman–Crippen LogP) is -10.6. The summed E-state index contributed by atoms with van der Waals surface area (Å²) in [6.07, 6.45) is 0.769. The van der Waals surface area contributed by atoms with Gasteiger partial charge in [-0.15, -0.1) is 0 Å². The van der Waals surface area contributed by atoms with E-state index >= 15 is 0 Å². The average molecular weight is 312 g/mol. The predicted molar refractivity (Wildman–Crippen MR) is 61.1 cm³/mol. The molecule has 18 heavy (non-hydrogen) atoms. The van der Waals surface area contributed by atoms with Crippen molar-refractivity contribution in [2.24, 2.45) is 22.9 Å². The second kappa shape index (κ2) is 22.3. The summed E-state index contributed by atoms with van der Waals surface area (Å²) in [4.78, 5) is 18.8. The summed E-state index contributed by atoms with van der Waals surface area (Å²) in [6.45, 7) is 0. The Hall–Kier alpha value is 0.0600. The molecule has 0 aromatic rings. The van der Waals surface area contributed by atoms with Gasteiger partial charge in [0, 0.05) is 0 Å². The van der Waals surface area contributed by atoms with E-state index in [9.17, 15) is 19.8 Å². The summed E-state index contributed by atoms with van der Waals surface area (Å²) in [7, 11) is 0. The molecule has 0 rings (SSSR count). The van der Waals surface area contributed by atoms with Crippen molar-refractivity contribution in [1.29, 1.82) is 0 Å². The van der Waals surface area contributed by atoms with Crippen LogP contribution >= 0.6 is 24.4 Å². The fourth-order valence-electron chi connectivity index (χ4n) is 0.136. The summed E-state index contributed by atoms with van der Waals surface area (Å²) in [5, 5.41) is 18.8. The maximum absolute atomic E-state index is 9.41. The van der Waals surface area contributed by atoms with Gasteiger partial charge < -0.3 is 42.7 Å². The van der Waals surface area contributed by atoms with Gasteiger partial charge in [0.1, 0.15) is 0 Å². The number of thiocarbonyl (C=S) groups is 2. The fraction of sp³-hybridized carbons (Fsp3) is 0. The summed E-state index contributed by atoms with van der Waals surface area (Å²) in [6, 6.07) is 0. The van der Waals surface area contributed by atoms with Gasteiger partial charge in [0.15, 0.2) is 10.2 Å².